The van der Waals surface area contributed by atoms with E-state index in [2.05, 4.69) is 13.1 Å². The number of fused-ring (bicyclic) bond motifs is 4. The Labute approximate surface area is 328 Å². The van der Waals surface area contributed by atoms with E-state index in [0.717, 1.165) is 6.04 Å². The number of carbonyl (C=O) groups excluding carboxylic acids is 1. The molecule has 0 spiro atoms. The maximum atomic E-state index is 12.7. The SMILES string of the molecule is CCC[Si]1(O)O[Si]2(CC)COC[Si](O)(CC)O[Si]3(CC)OC[Si](CC)(O2)O[Si](CC)(COC[Si](CC)(O[Si](C)(C)CCCOC(=O)C(C)(C)CC)O3)O1. The molecule has 0 aliphatic carbocycles. The quantitative estimate of drug-likeness (QED) is 0.105. The van der Waals surface area contributed by atoms with Crippen LogP contribution in [0.15, 0.2) is 0 Å². The number of hydrogen-bond donors (Lipinski definition) is 2. The van der Waals surface area contributed by atoms with Gasteiger partial charge >= 0.3 is 66.4 Å². The van der Waals surface area contributed by atoms with E-state index in [-0.39, 0.29) is 37.1 Å². The van der Waals surface area contributed by atoms with Gasteiger partial charge in [0, 0.05) is 12.1 Å². The fourth-order valence-electron chi connectivity index (χ4n) is 6.61. The van der Waals surface area contributed by atoms with Crippen molar-refractivity contribution in [2.75, 3.05) is 37.8 Å². The number of carbonyl (C=O) groups is 1. The summed E-state index contributed by atoms with van der Waals surface area (Å²) in [5.74, 6) is -0.195. The Morgan fingerprint density at radius 3 is 1.75 bits per heavy atom. The van der Waals surface area contributed by atoms with Crippen LogP contribution in [0.2, 0.25) is 61.4 Å². The summed E-state index contributed by atoms with van der Waals surface area (Å²) in [7, 11) is -27.2. The van der Waals surface area contributed by atoms with Gasteiger partial charge in [0.2, 0.25) is 0 Å². The molecule has 0 aromatic heterocycles. The van der Waals surface area contributed by atoms with Gasteiger partial charge in [0.15, 0.2) is 8.32 Å². The molecule has 7 atom stereocenters. The summed E-state index contributed by atoms with van der Waals surface area (Å²) in [6.07, 6.45) is 2.41. The second-order valence-electron chi connectivity index (χ2n) is 16.1. The van der Waals surface area contributed by atoms with Crippen LogP contribution in [0, 0.1) is 5.41 Å². The van der Waals surface area contributed by atoms with Crippen molar-refractivity contribution >= 4 is 74.7 Å². The second kappa shape index (κ2) is 19.2. The third-order valence-electron chi connectivity index (χ3n) is 10.7. The Morgan fingerprint density at radius 1 is 0.698 bits per heavy atom. The molecule has 3 fully saturated rings. The van der Waals surface area contributed by atoms with Gasteiger partial charge in [-0.3, -0.25) is 4.79 Å². The van der Waals surface area contributed by atoms with Crippen molar-refractivity contribution in [3.8, 4) is 0 Å². The van der Waals surface area contributed by atoms with Gasteiger partial charge < -0.3 is 57.0 Å². The van der Waals surface area contributed by atoms with E-state index in [1.807, 2.05) is 69.2 Å². The number of ether oxygens (including phenoxy) is 3. The van der Waals surface area contributed by atoms with Crippen LogP contribution in [0.25, 0.3) is 0 Å². The third-order valence-corrected chi connectivity index (χ3v) is 44.4. The lowest BCUT2D eigenvalue weighted by Gasteiger charge is -2.50. The van der Waals surface area contributed by atoms with Gasteiger partial charge in [0.1, 0.15) is 0 Å². The first-order chi connectivity index (χ1) is 24.7. The molecule has 14 nitrogen and oxygen atoms in total. The molecule has 3 saturated heterocycles. The van der Waals surface area contributed by atoms with Gasteiger partial charge in [0.25, 0.3) is 0 Å². The van der Waals surface area contributed by atoms with Gasteiger partial charge in [-0.15, -0.1) is 0 Å². The Kier molecular flexibility index (Phi) is 17.4. The highest BCUT2D eigenvalue weighted by Gasteiger charge is 2.65. The van der Waals surface area contributed by atoms with Gasteiger partial charge in [-0.2, -0.15) is 0 Å². The zero-order valence-corrected chi connectivity index (χ0v) is 42.8. The second-order valence-corrected chi connectivity index (χ2v) is 44.3. The van der Waals surface area contributed by atoms with E-state index in [0.29, 0.717) is 68.2 Å². The highest BCUT2D eigenvalue weighted by molar-refractivity contribution is 6.94. The molecule has 3 heterocycles. The van der Waals surface area contributed by atoms with Crippen molar-refractivity contribution in [1.29, 1.82) is 0 Å². The van der Waals surface area contributed by atoms with Crippen LogP contribution in [0.5, 0.6) is 0 Å². The summed E-state index contributed by atoms with van der Waals surface area (Å²) in [4.78, 5) is 37.1. The summed E-state index contributed by atoms with van der Waals surface area (Å²) in [5.41, 5.74) is -0.529. The van der Waals surface area contributed by atoms with Gasteiger partial charge in [0.05, 0.1) is 43.2 Å². The topological polar surface area (TPSA) is 159 Å². The summed E-state index contributed by atoms with van der Waals surface area (Å²) in [6, 6.07) is 3.83. The first-order valence-corrected chi connectivity index (χ1v) is 38.2. The Bertz CT molecular complexity index is 1200. The smallest absolute Gasteiger partial charge is 0.465 e. The first kappa shape index (κ1) is 48.1. The molecule has 312 valence electrons. The van der Waals surface area contributed by atoms with Crippen LogP contribution in [-0.2, 0) is 52.2 Å². The molecule has 53 heavy (non-hydrogen) atoms. The fourth-order valence-corrected chi connectivity index (χ4v) is 45.4. The lowest BCUT2D eigenvalue weighted by atomic mass is 9.91. The number of hydrogen-bond acceptors (Lipinski definition) is 14. The minimum Gasteiger partial charge on any atom is -0.465 e. The first-order valence-electron chi connectivity index (χ1n) is 20.0. The van der Waals surface area contributed by atoms with Gasteiger partial charge in [-0.25, -0.2) is 0 Å². The van der Waals surface area contributed by atoms with Crippen molar-refractivity contribution in [2.45, 2.75) is 150 Å². The molecule has 3 aliphatic rings. The van der Waals surface area contributed by atoms with Crippen LogP contribution in [0.1, 0.15) is 88.5 Å². The van der Waals surface area contributed by atoms with Crippen molar-refractivity contribution in [3.05, 3.63) is 0 Å². The molecule has 0 radical (unpaired) electrons. The van der Waals surface area contributed by atoms with E-state index < -0.39 is 74.1 Å². The molecule has 4 bridgehead atoms. The maximum Gasteiger partial charge on any atom is 0.482 e. The Morgan fingerprint density at radius 2 is 1.26 bits per heavy atom. The monoisotopic (exact) mass is 892 g/mol. The van der Waals surface area contributed by atoms with Crippen LogP contribution >= 0.6 is 0 Å². The summed E-state index contributed by atoms with van der Waals surface area (Å²) in [6.45, 7) is 24.4. The number of esters is 1. The summed E-state index contributed by atoms with van der Waals surface area (Å²) < 4.78 is 75.6. The maximum absolute atomic E-state index is 12.7. The Hall–Kier alpha value is 0.725. The molecule has 7 unspecified atom stereocenters. The molecule has 3 aliphatic heterocycles. The minimum absolute atomic E-state index is 0.0396. The molecule has 0 aromatic rings. The highest BCUT2D eigenvalue weighted by Crippen LogP contribution is 2.40. The average Bonchev–Trinajstić information content (AvgIpc) is 3.13. The predicted octanol–water partition coefficient (Wildman–Crippen LogP) is 6.07. The molecule has 22 heteroatoms. The normalized spacial score (nSPS) is 37.8. The van der Waals surface area contributed by atoms with Gasteiger partial charge in [-0.1, -0.05) is 61.8 Å². The summed E-state index contributed by atoms with van der Waals surface area (Å²) in [5, 5.41) is 0. The van der Waals surface area contributed by atoms with E-state index in [4.69, 9.17) is 47.4 Å². The van der Waals surface area contributed by atoms with E-state index in [9.17, 15) is 14.4 Å². The minimum atomic E-state index is -3.87. The van der Waals surface area contributed by atoms with E-state index >= 15 is 0 Å². The van der Waals surface area contributed by atoms with Crippen molar-refractivity contribution in [1.82, 2.24) is 0 Å². The fraction of sp³-hybridized carbons (Fsp3) is 0.968. The molecule has 0 aromatic carbocycles. The van der Waals surface area contributed by atoms with Crippen molar-refractivity contribution in [2.24, 2.45) is 5.41 Å². The lowest BCUT2D eigenvalue weighted by molar-refractivity contribution is -0.154. The summed E-state index contributed by atoms with van der Waals surface area (Å²) >= 11 is 0. The lowest BCUT2D eigenvalue weighted by Crippen LogP contribution is -2.73. The van der Waals surface area contributed by atoms with Crippen LogP contribution in [-0.4, -0.2) is 122 Å². The zero-order valence-electron chi connectivity index (χ0n) is 34.8. The molecule has 2 N–H and O–H groups in total. The van der Waals surface area contributed by atoms with Crippen LogP contribution < -0.4 is 0 Å². The van der Waals surface area contributed by atoms with E-state index in [1.54, 1.807) is 0 Å². The molecule has 0 amide bonds. The molecule has 0 saturated carbocycles. The van der Waals surface area contributed by atoms with Crippen molar-refractivity contribution < 1.29 is 61.8 Å². The molecule has 3 rings (SSSR count). The highest BCUT2D eigenvalue weighted by atomic mass is 28.5. The van der Waals surface area contributed by atoms with Crippen LogP contribution in [0.4, 0.5) is 0 Å². The zero-order chi connectivity index (χ0) is 39.9. The average molecular weight is 894 g/mol. The number of rotatable bonds is 16. The van der Waals surface area contributed by atoms with E-state index in [1.165, 1.54) is 0 Å². The molecular weight excluding hydrogens is 821 g/mol. The predicted molar refractivity (Wildman–Crippen MR) is 220 cm³/mol. The van der Waals surface area contributed by atoms with Gasteiger partial charge in [-0.05, 0) is 76.0 Å². The molecular formula is C31H72O14Si8. The van der Waals surface area contributed by atoms with Crippen molar-refractivity contribution in [3.63, 3.8) is 0 Å². The van der Waals surface area contributed by atoms with Crippen LogP contribution in [0.3, 0.4) is 0 Å². The largest absolute Gasteiger partial charge is 0.482 e. The Balaban J connectivity index is 2.15. The third kappa shape index (κ3) is 12.4. The standard InChI is InChI=1S/C31H72O14Si8/c1-13-23-52(34)43-49(17-5)26-35-25-47(33,15-3)40-53(20-8)38-29-51(19-7,41-49)42-50(18-6,44-52)28-36-27-48(16-4,45-53)39-46(11,12)24-21-22-37-30(32)31(9,10)14-2/h33-34H,13-29H2,1-12H3.